The zero-order valence-electron chi connectivity index (χ0n) is 3.71. The van der Waals surface area contributed by atoms with Crippen LogP contribution in [0.4, 0.5) is 22.0 Å². The summed E-state index contributed by atoms with van der Waals surface area (Å²) in [6.45, 7) is 0. The van der Waals surface area contributed by atoms with Crippen molar-refractivity contribution in [1.82, 2.24) is 0 Å². The van der Waals surface area contributed by atoms with Crippen molar-refractivity contribution in [2.45, 2.75) is 5.51 Å². The highest BCUT2D eigenvalue weighted by Crippen LogP contribution is 2.27. The predicted molar refractivity (Wildman–Crippen MR) is 19.7 cm³/mol. The monoisotopic (exact) mass is 167 g/mol. The largest absolute Gasteiger partial charge is 0.446 e. The number of rotatable bonds is 1. The van der Waals surface area contributed by atoms with Gasteiger partial charge in [0.05, 0.1) is 5.76 Å². The van der Waals surface area contributed by atoms with Gasteiger partial charge in [0.2, 0.25) is 0 Å². The van der Waals surface area contributed by atoms with E-state index in [4.69, 9.17) is 0 Å². The summed E-state index contributed by atoms with van der Waals surface area (Å²) in [5.41, 5.74) is -5.33. The molecule has 0 aliphatic carbocycles. The van der Waals surface area contributed by atoms with Crippen LogP contribution < -0.4 is 0 Å². The van der Waals surface area contributed by atoms with Gasteiger partial charge in [0.15, 0.2) is 0 Å². The molecule has 0 saturated carbocycles. The Morgan fingerprint density at radius 2 is 1.56 bits per heavy atom. The lowest BCUT2D eigenvalue weighted by Gasteiger charge is -2.13. The Bertz CT molecular complexity index is 117. The molecule has 0 radical (unpaired) electrons. The fourth-order valence-corrected chi connectivity index (χ4v) is 0.262. The molecule has 0 amide bonds. The van der Waals surface area contributed by atoms with Crippen LogP contribution in [0.3, 0.4) is 0 Å². The second-order valence-electron chi connectivity index (χ2n) is 0.940. The van der Waals surface area contributed by atoms with E-state index >= 15 is 0 Å². The summed E-state index contributed by atoms with van der Waals surface area (Å²) in [7, 11) is -4.11. The third-order valence-electron chi connectivity index (χ3n) is 0.350. The van der Waals surface area contributed by atoms with E-state index in [1.165, 1.54) is 0 Å². The van der Waals surface area contributed by atoms with Crippen molar-refractivity contribution in [3.63, 3.8) is 0 Å². The first-order chi connectivity index (χ1) is 3.85. The van der Waals surface area contributed by atoms with E-state index in [2.05, 4.69) is 0 Å². The molecule has 56 valence electrons. The molecular weight excluding hydrogens is 167 g/mol. The van der Waals surface area contributed by atoms with E-state index in [9.17, 15) is 26.2 Å². The van der Waals surface area contributed by atoms with Crippen molar-refractivity contribution >= 4 is 10.8 Å². The summed E-state index contributed by atoms with van der Waals surface area (Å²) in [5.74, 6) is -3.12. The third-order valence-corrected chi connectivity index (χ3v) is 1.05. The fraction of sp³-hybridized carbons (Fsp3) is 0.500. The van der Waals surface area contributed by atoms with Gasteiger partial charge in [-0.2, -0.15) is 13.2 Å². The number of alkyl halides is 3. The van der Waals surface area contributed by atoms with Crippen molar-refractivity contribution in [3.8, 4) is 0 Å². The Hall–Kier alpha value is -0.200. The third kappa shape index (κ3) is 2.73. The van der Waals surface area contributed by atoms with Crippen LogP contribution in [-0.2, 0) is 10.8 Å². The minimum absolute atomic E-state index is 3.12. The van der Waals surface area contributed by atoms with Gasteiger partial charge >= 0.3 is 5.51 Å². The molecule has 0 aromatic carbocycles. The lowest BCUT2D eigenvalue weighted by molar-refractivity contribution is -0.0399. The van der Waals surface area contributed by atoms with E-state index in [1.54, 1.807) is 0 Å². The van der Waals surface area contributed by atoms with Crippen LogP contribution >= 0.6 is 0 Å². The van der Waals surface area contributed by atoms with Gasteiger partial charge in [-0.3, -0.25) is 4.21 Å². The molecule has 1 atom stereocenters. The fourth-order valence-electron chi connectivity index (χ4n) is 0.0875. The summed E-state index contributed by atoms with van der Waals surface area (Å²) in [6, 6.07) is 0. The van der Waals surface area contributed by atoms with Gasteiger partial charge in [-0.25, -0.2) is 0 Å². The first-order valence-electron chi connectivity index (χ1n) is 1.52. The van der Waals surface area contributed by atoms with Gasteiger partial charge in [-0.15, -0.1) is 0 Å². The Balaban J connectivity index is 4.06. The molecule has 7 heteroatoms. The smallest absolute Gasteiger partial charge is 0.406 e. The maximum atomic E-state index is 10.9. The molecule has 0 bridgehead atoms. The van der Waals surface area contributed by atoms with Crippen LogP contribution in [0.1, 0.15) is 0 Å². The normalized spacial score (nSPS) is 16.2. The highest BCUT2D eigenvalue weighted by molar-refractivity contribution is 7.88. The van der Waals surface area contributed by atoms with E-state index in [0.717, 1.165) is 0 Å². The van der Waals surface area contributed by atoms with Crippen LogP contribution in [0.15, 0.2) is 0 Å². The quantitative estimate of drug-likeness (QED) is 0.428. The average Bonchev–Trinajstić information content (AvgIpc) is 1.62. The van der Waals surface area contributed by atoms with Crippen LogP contribution in [0.2, 0.25) is 0 Å². The second kappa shape index (κ2) is 2.59. The number of hydrogen-bond acceptors (Lipinski definition) is 1. The molecule has 0 aromatic heterocycles. The molecule has 0 rings (SSSR count). The van der Waals surface area contributed by atoms with Gasteiger partial charge in [0, 0.05) is 10.8 Å². The van der Waals surface area contributed by atoms with E-state index in [0.29, 0.717) is 0 Å². The molecule has 0 aromatic rings. The van der Waals surface area contributed by atoms with Crippen LogP contribution in [0.25, 0.3) is 0 Å². The molecular formula is C2F5OS-. The Kier molecular flexibility index (Phi) is 2.53. The molecule has 1 unspecified atom stereocenters. The highest BCUT2D eigenvalue weighted by atomic mass is 32.2. The lowest BCUT2D eigenvalue weighted by atomic mass is 11.5. The standard InChI is InChI=1S/C2F5OS/c3-1(4)9(8)2(5,6)7/q-1. The van der Waals surface area contributed by atoms with Crippen molar-refractivity contribution < 1.29 is 26.2 Å². The summed E-state index contributed by atoms with van der Waals surface area (Å²) in [5, 5.41) is 0. The van der Waals surface area contributed by atoms with Crippen LogP contribution in [-0.4, -0.2) is 9.72 Å². The van der Waals surface area contributed by atoms with Gasteiger partial charge in [-0.05, 0) is 0 Å². The SMILES string of the molecule is O=S([C-](F)F)C(F)(F)F. The molecule has 0 fully saturated rings. The second-order valence-corrected chi connectivity index (χ2v) is 2.25. The van der Waals surface area contributed by atoms with Gasteiger partial charge in [0.25, 0.3) is 0 Å². The van der Waals surface area contributed by atoms with Gasteiger partial charge in [-0.1, -0.05) is 0 Å². The molecule has 0 saturated heterocycles. The minimum Gasteiger partial charge on any atom is -0.406 e. The number of halogens is 5. The summed E-state index contributed by atoms with van der Waals surface area (Å²) < 4.78 is 63.7. The molecule has 0 aliphatic heterocycles. The lowest BCUT2D eigenvalue weighted by Crippen LogP contribution is -2.17. The van der Waals surface area contributed by atoms with Gasteiger partial charge < -0.3 is 8.78 Å². The maximum Gasteiger partial charge on any atom is 0.446 e. The van der Waals surface area contributed by atoms with Crippen molar-refractivity contribution in [3.05, 3.63) is 5.76 Å². The Morgan fingerprint density at radius 1 is 1.22 bits per heavy atom. The molecule has 0 heterocycles. The zero-order valence-corrected chi connectivity index (χ0v) is 4.52. The maximum absolute atomic E-state index is 10.9. The van der Waals surface area contributed by atoms with Crippen molar-refractivity contribution in [1.29, 1.82) is 0 Å². The Labute approximate surface area is 49.3 Å². The van der Waals surface area contributed by atoms with Crippen LogP contribution in [0.5, 0.6) is 0 Å². The summed E-state index contributed by atoms with van der Waals surface area (Å²) in [6.07, 6.45) is 0. The molecule has 9 heavy (non-hydrogen) atoms. The first-order valence-corrected chi connectivity index (χ1v) is 2.67. The van der Waals surface area contributed by atoms with E-state index < -0.39 is 22.1 Å². The van der Waals surface area contributed by atoms with Gasteiger partial charge in [0.1, 0.15) is 0 Å². The highest BCUT2D eigenvalue weighted by Gasteiger charge is 2.34. The van der Waals surface area contributed by atoms with Crippen LogP contribution in [0, 0.1) is 5.76 Å². The summed E-state index contributed by atoms with van der Waals surface area (Å²) >= 11 is 0. The van der Waals surface area contributed by atoms with Crippen molar-refractivity contribution in [2.24, 2.45) is 0 Å². The van der Waals surface area contributed by atoms with Crippen molar-refractivity contribution in [2.75, 3.05) is 0 Å². The number of hydrogen-bond donors (Lipinski definition) is 0. The average molecular weight is 167 g/mol. The predicted octanol–water partition coefficient (Wildman–Crippen LogP) is 1.64. The van der Waals surface area contributed by atoms with E-state index in [1.807, 2.05) is 0 Å². The van der Waals surface area contributed by atoms with E-state index in [-0.39, 0.29) is 0 Å². The Morgan fingerprint density at radius 3 is 1.56 bits per heavy atom. The molecule has 1 nitrogen and oxygen atoms in total. The zero-order chi connectivity index (χ0) is 7.65. The molecule has 0 aliphatic rings. The molecule has 0 spiro atoms. The minimum atomic E-state index is -5.33. The molecule has 0 N–H and O–H groups in total. The topological polar surface area (TPSA) is 17.1 Å². The first kappa shape index (κ1) is 8.80. The summed E-state index contributed by atoms with van der Waals surface area (Å²) in [4.78, 5) is 0.